The number of fused-ring (bicyclic) bond motifs is 1. The number of rotatable bonds is 6. The van der Waals surface area contributed by atoms with Crippen LogP contribution in [0.5, 0.6) is 5.75 Å². The molecule has 2 aromatic carbocycles. The Morgan fingerprint density at radius 1 is 1.26 bits per heavy atom. The molecule has 1 aliphatic rings. The number of carbonyl (C=O) groups is 1. The van der Waals surface area contributed by atoms with Crippen molar-refractivity contribution in [2.45, 2.75) is 25.0 Å². The highest BCUT2D eigenvalue weighted by Gasteiger charge is 2.45. The summed E-state index contributed by atoms with van der Waals surface area (Å²) < 4.78 is 74.5. The molecule has 1 aromatic heterocycles. The van der Waals surface area contributed by atoms with Crippen LogP contribution in [0.15, 0.2) is 46.9 Å². The number of nitrogens with one attached hydrogen (secondary N) is 1. The molecular weight excluding hydrogens is 425 g/mol. The molecule has 4 rings (SSSR count). The third kappa shape index (κ3) is 4.39. The Hall–Kier alpha value is -3.37. The zero-order valence-corrected chi connectivity index (χ0v) is 15.8. The molecule has 1 aliphatic heterocycles. The van der Waals surface area contributed by atoms with E-state index in [4.69, 9.17) is 4.42 Å². The number of hydrogen-bond donors (Lipinski definition) is 1. The number of halogens is 5. The maximum Gasteiger partial charge on any atom is 0.461 e. The zero-order valence-electron chi connectivity index (χ0n) is 15.8. The first-order valence-electron chi connectivity index (χ1n) is 9.29. The van der Waals surface area contributed by atoms with Crippen LogP contribution in [0.3, 0.4) is 0 Å². The molecule has 1 saturated heterocycles. The van der Waals surface area contributed by atoms with Crippen molar-refractivity contribution in [1.29, 1.82) is 0 Å². The van der Waals surface area contributed by atoms with Gasteiger partial charge in [-0.15, -0.1) is 0 Å². The van der Waals surface area contributed by atoms with E-state index in [1.165, 1.54) is 41.3 Å². The summed E-state index contributed by atoms with van der Waals surface area (Å²) in [6.45, 7) is 0.469. The first kappa shape index (κ1) is 20.9. The third-order valence-corrected chi connectivity index (χ3v) is 4.77. The van der Waals surface area contributed by atoms with Crippen LogP contribution in [0.4, 0.5) is 28.0 Å². The second-order valence-electron chi connectivity index (χ2n) is 6.97. The maximum atomic E-state index is 13.3. The average molecular weight is 441 g/mol. The van der Waals surface area contributed by atoms with Crippen molar-refractivity contribution in [2.24, 2.45) is 0 Å². The van der Waals surface area contributed by atoms with E-state index in [0.717, 1.165) is 6.07 Å². The molecule has 1 atom stereocenters. The highest BCUT2D eigenvalue weighted by molar-refractivity contribution is 5.97. The molecular formula is C20H16F5N3O3. The molecule has 164 valence electrons. The predicted octanol–water partition coefficient (Wildman–Crippen LogP) is 4.53. The number of nitrogens with zero attached hydrogens (tertiary/aromatic N) is 2. The van der Waals surface area contributed by atoms with Crippen LogP contribution in [-0.2, 0) is 0 Å². The lowest BCUT2D eigenvalue weighted by Gasteiger charge is -2.21. The van der Waals surface area contributed by atoms with Gasteiger partial charge in [0.2, 0.25) is 0 Å². The lowest BCUT2D eigenvalue weighted by atomic mass is 10.1. The average Bonchev–Trinajstić information content (AvgIpc) is 3.34. The molecule has 0 radical (unpaired) electrons. The van der Waals surface area contributed by atoms with E-state index in [9.17, 15) is 26.7 Å². The van der Waals surface area contributed by atoms with Gasteiger partial charge in [-0.25, -0.2) is 4.39 Å². The van der Waals surface area contributed by atoms with Crippen molar-refractivity contribution in [3.8, 4) is 5.75 Å². The Labute approximate surface area is 172 Å². The van der Waals surface area contributed by atoms with E-state index in [2.05, 4.69) is 15.0 Å². The number of amides is 1. The summed E-state index contributed by atoms with van der Waals surface area (Å²) in [5.41, 5.74) is 0.473. The molecule has 1 amide bonds. The first-order valence-corrected chi connectivity index (χ1v) is 9.29. The van der Waals surface area contributed by atoms with Crippen LogP contribution in [0, 0.1) is 5.82 Å². The SMILES string of the molecule is O=C(c1ccccc1OC(F)(F)C(F)F)N1CCC(Nc2nc3ccc(F)cc3o2)C1. The number of para-hydroxylation sites is 1. The summed E-state index contributed by atoms with van der Waals surface area (Å²) in [6, 6.07) is 8.80. The third-order valence-electron chi connectivity index (χ3n) is 4.77. The van der Waals surface area contributed by atoms with Crippen molar-refractivity contribution in [1.82, 2.24) is 9.88 Å². The van der Waals surface area contributed by atoms with Crippen molar-refractivity contribution < 1.29 is 35.9 Å². The largest absolute Gasteiger partial charge is 0.461 e. The summed E-state index contributed by atoms with van der Waals surface area (Å²) in [7, 11) is 0. The van der Waals surface area contributed by atoms with E-state index < -0.39 is 30.0 Å². The van der Waals surface area contributed by atoms with Gasteiger partial charge in [-0.2, -0.15) is 22.5 Å². The van der Waals surface area contributed by atoms with Gasteiger partial charge >= 0.3 is 12.5 Å². The van der Waals surface area contributed by atoms with Crippen molar-refractivity contribution >= 4 is 23.0 Å². The fraction of sp³-hybridized carbons (Fsp3) is 0.300. The van der Waals surface area contributed by atoms with Crippen molar-refractivity contribution in [3.05, 3.63) is 53.8 Å². The number of oxazole rings is 1. The molecule has 0 bridgehead atoms. The number of likely N-dealkylation sites (tertiary alicyclic amines) is 1. The fourth-order valence-electron chi connectivity index (χ4n) is 3.29. The molecule has 11 heteroatoms. The summed E-state index contributed by atoms with van der Waals surface area (Å²) in [4.78, 5) is 18.4. The quantitative estimate of drug-likeness (QED) is 0.570. The van der Waals surface area contributed by atoms with Crippen molar-refractivity contribution in [2.75, 3.05) is 18.4 Å². The monoisotopic (exact) mass is 441 g/mol. The summed E-state index contributed by atoms with van der Waals surface area (Å²) >= 11 is 0. The number of anilines is 1. The Kier molecular flexibility index (Phi) is 5.42. The predicted molar refractivity (Wildman–Crippen MR) is 99.9 cm³/mol. The molecule has 31 heavy (non-hydrogen) atoms. The molecule has 6 nitrogen and oxygen atoms in total. The summed E-state index contributed by atoms with van der Waals surface area (Å²) in [6.07, 6.45) is -8.27. The highest BCUT2D eigenvalue weighted by Crippen LogP contribution is 2.31. The molecule has 3 aromatic rings. The van der Waals surface area contributed by atoms with Crippen LogP contribution in [0.2, 0.25) is 0 Å². The Balaban J connectivity index is 1.45. The van der Waals surface area contributed by atoms with Gasteiger partial charge in [0.05, 0.1) is 5.56 Å². The van der Waals surface area contributed by atoms with Gasteiger partial charge < -0.3 is 19.4 Å². The standard InChI is InChI=1S/C20H16F5N3O3/c21-11-5-6-14-16(9-11)30-19(27-14)26-12-7-8-28(10-12)17(29)13-3-1-2-4-15(13)31-20(24,25)18(22)23/h1-6,9,12,18H,7-8,10H2,(H,26,27). The van der Waals surface area contributed by atoms with Gasteiger partial charge in [0, 0.05) is 25.2 Å². The minimum atomic E-state index is -4.72. The van der Waals surface area contributed by atoms with Crippen LogP contribution in [0.25, 0.3) is 11.1 Å². The lowest BCUT2D eigenvalue weighted by molar-refractivity contribution is -0.253. The Morgan fingerprint density at radius 2 is 2.03 bits per heavy atom. The smallest absolute Gasteiger partial charge is 0.427 e. The van der Waals surface area contributed by atoms with Crippen molar-refractivity contribution in [3.63, 3.8) is 0 Å². The number of ether oxygens (including phenoxy) is 1. The second kappa shape index (κ2) is 8.05. The van der Waals surface area contributed by atoms with E-state index in [1.807, 2.05) is 0 Å². The van der Waals surface area contributed by atoms with Gasteiger partial charge in [-0.3, -0.25) is 4.79 Å². The van der Waals surface area contributed by atoms with Crippen LogP contribution >= 0.6 is 0 Å². The van der Waals surface area contributed by atoms with Crippen LogP contribution in [0.1, 0.15) is 16.8 Å². The molecule has 2 heterocycles. The summed E-state index contributed by atoms with van der Waals surface area (Å²) in [5.74, 6) is -1.73. The normalized spacial score (nSPS) is 16.8. The molecule has 1 unspecified atom stereocenters. The van der Waals surface area contributed by atoms with Gasteiger partial charge in [0.15, 0.2) is 5.58 Å². The number of alkyl halides is 4. The molecule has 0 spiro atoms. The second-order valence-corrected chi connectivity index (χ2v) is 6.97. The number of carbonyl (C=O) groups excluding carboxylic acids is 1. The topological polar surface area (TPSA) is 67.6 Å². The van der Waals surface area contributed by atoms with Gasteiger partial charge in [-0.1, -0.05) is 12.1 Å². The zero-order chi connectivity index (χ0) is 22.2. The molecule has 1 N–H and O–H groups in total. The van der Waals surface area contributed by atoms with E-state index in [1.54, 1.807) is 0 Å². The van der Waals surface area contributed by atoms with E-state index in [-0.39, 0.29) is 36.3 Å². The lowest BCUT2D eigenvalue weighted by Crippen LogP contribution is -2.35. The van der Waals surface area contributed by atoms with Gasteiger partial charge in [0.25, 0.3) is 11.9 Å². The minimum absolute atomic E-state index is 0.153. The van der Waals surface area contributed by atoms with Gasteiger partial charge in [0.1, 0.15) is 17.1 Å². The number of benzene rings is 2. The van der Waals surface area contributed by atoms with E-state index in [0.29, 0.717) is 11.9 Å². The highest BCUT2D eigenvalue weighted by atomic mass is 19.3. The number of hydrogen-bond acceptors (Lipinski definition) is 5. The molecule has 1 fully saturated rings. The fourth-order valence-corrected chi connectivity index (χ4v) is 3.29. The molecule has 0 saturated carbocycles. The summed E-state index contributed by atoms with van der Waals surface area (Å²) in [5, 5.41) is 3.01. The minimum Gasteiger partial charge on any atom is -0.427 e. The Bertz CT molecular complexity index is 1100. The number of aromatic nitrogens is 1. The van der Waals surface area contributed by atoms with Crippen LogP contribution in [-0.4, -0.2) is 47.5 Å². The van der Waals surface area contributed by atoms with Gasteiger partial charge in [-0.05, 0) is 30.7 Å². The Morgan fingerprint density at radius 3 is 2.81 bits per heavy atom. The first-order chi connectivity index (χ1) is 14.7. The van der Waals surface area contributed by atoms with E-state index >= 15 is 0 Å². The van der Waals surface area contributed by atoms with Crippen LogP contribution < -0.4 is 10.1 Å². The molecule has 0 aliphatic carbocycles. The maximum absolute atomic E-state index is 13.3.